The number of hydrogen-bond donors (Lipinski definition) is 2. The van der Waals surface area contributed by atoms with Gasteiger partial charge in [-0.25, -0.2) is 8.42 Å². The van der Waals surface area contributed by atoms with E-state index in [0.29, 0.717) is 0 Å². The summed E-state index contributed by atoms with van der Waals surface area (Å²) < 4.78 is 26.6. The lowest BCUT2D eigenvalue weighted by Gasteiger charge is -2.13. The minimum Gasteiger partial charge on any atom is -0.508 e. The van der Waals surface area contributed by atoms with E-state index < -0.39 is 9.84 Å². The Morgan fingerprint density at radius 2 is 0.905 bits per heavy atom. The van der Waals surface area contributed by atoms with Gasteiger partial charge in [-0.3, -0.25) is 0 Å². The third kappa shape index (κ3) is 3.31. The van der Waals surface area contributed by atoms with Crippen molar-refractivity contribution in [1.29, 1.82) is 0 Å². The van der Waals surface area contributed by atoms with Gasteiger partial charge in [0.05, 0.1) is 0 Å². The van der Waals surface area contributed by atoms with E-state index in [9.17, 15) is 18.6 Å². The van der Waals surface area contributed by atoms with Crippen LogP contribution in [-0.2, 0) is 9.84 Å². The number of rotatable bonds is 2. The van der Waals surface area contributed by atoms with E-state index in [1.54, 1.807) is 0 Å². The molecule has 2 aromatic rings. The molecule has 2 rings (SSSR count). The van der Waals surface area contributed by atoms with Crippen LogP contribution in [0.2, 0.25) is 0 Å². The molecule has 9 heteroatoms. The summed E-state index contributed by atoms with van der Waals surface area (Å²) >= 11 is 12.6. The zero-order valence-electron chi connectivity index (χ0n) is 9.94. The van der Waals surface area contributed by atoms with Crippen LogP contribution in [0.5, 0.6) is 11.5 Å². The number of phenolic OH excluding ortho intramolecular Hbond substituents is 2. The maximum absolute atomic E-state index is 12.9. The van der Waals surface area contributed by atoms with Gasteiger partial charge in [0.2, 0.25) is 9.84 Å². The van der Waals surface area contributed by atoms with Crippen molar-refractivity contribution in [2.75, 3.05) is 0 Å². The molecular formula is C12H6Br4O4S. The predicted molar refractivity (Wildman–Crippen MR) is 92.5 cm³/mol. The third-order valence-electron chi connectivity index (χ3n) is 2.50. The quantitative estimate of drug-likeness (QED) is 0.539. The minimum atomic E-state index is -3.90. The van der Waals surface area contributed by atoms with Crippen molar-refractivity contribution in [2.24, 2.45) is 0 Å². The van der Waals surface area contributed by atoms with Crippen molar-refractivity contribution in [2.45, 2.75) is 9.79 Å². The molecule has 0 aliphatic rings. The molecule has 0 aromatic heterocycles. The molecule has 0 radical (unpaired) electrons. The second kappa shape index (κ2) is 6.19. The zero-order chi connectivity index (χ0) is 15.9. The molecule has 21 heavy (non-hydrogen) atoms. The number of phenols is 2. The van der Waals surface area contributed by atoms with Gasteiger partial charge in [0.15, 0.2) is 0 Å². The zero-order valence-corrected chi connectivity index (χ0v) is 17.1. The fourth-order valence-electron chi connectivity index (χ4n) is 1.71. The van der Waals surface area contributed by atoms with Gasteiger partial charge in [-0.05, 0) is 88.0 Å². The average molecular weight is 566 g/mol. The number of benzene rings is 2. The predicted octanol–water partition coefficient (Wildman–Crippen LogP) is 4.98. The van der Waals surface area contributed by atoms with Gasteiger partial charge in [0.25, 0.3) is 0 Å². The van der Waals surface area contributed by atoms with Gasteiger partial charge in [-0.2, -0.15) is 0 Å². The van der Waals surface area contributed by atoms with E-state index in [1.807, 2.05) is 0 Å². The van der Waals surface area contributed by atoms with Crippen molar-refractivity contribution < 1.29 is 18.6 Å². The highest BCUT2D eigenvalue weighted by atomic mass is 79.9. The Kier molecular flexibility index (Phi) is 5.09. The summed E-state index contributed by atoms with van der Waals surface area (Å²) in [6.07, 6.45) is 0. The Morgan fingerprint density at radius 3 is 1.14 bits per heavy atom. The van der Waals surface area contributed by atoms with Crippen LogP contribution >= 0.6 is 63.7 Å². The van der Waals surface area contributed by atoms with E-state index in [4.69, 9.17) is 0 Å². The first-order chi connectivity index (χ1) is 9.64. The Morgan fingerprint density at radius 1 is 0.667 bits per heavy atom. The standard InChI is InChI=1S/C12H6Br4O4S/c13-7-1-5(17)2-8(14)11(7)21(19,20)12-9(15)3-6(18)4-10(12)16/h1-4,17-18H. The maximum Gasteiger partial charge on any atom is 0.211 e. The Balaban J connectivity index is 2.81. The van der Waals surface area contributed by atoms with Crippen LogP contribution in [0.4, 0.5) is 0 Å². The highest BCUT2D eigenvalue weighted by Gasteiger charge is 2.29. The molecule has 4 nitrogen and oxygen atoms in total. The van der Waals surface area contributed by atoms with E-state index in [-0.39, 0.29) is 39.2 Å². The molecule has 0 bridgehead atoms. The van der Waals surface area contributed by atoms with Gasteiger partial charge in [-0.1, -0.05) is 0 Å². The molecule has 2 aromatic carbocycles. The normalized spacial score (nSPS) is 11.6. The smallest absolute Gasteiger partial charge is 0.211 e. The summed E-state index contributed by atoms with van der Waals surface area (Å²) in [5.74, 6) is -0.145. The van der Waals surface area contributed by atoms with Gasteiger partial charge in [0, 0.05) is 17.9 Å². The molecule has 0 heterocycles. The van der Waals surface area contributed by atoms with E-state index >= 15 is 0 Å². The molecule has 2 N–H and O–H groups in total. The monoisotopic (exact) mass is 562 g/mol. The number of aromatic hydroxyl groups is 2. The van der Waals surface area contributed by atoms with Crippen molar-refractivity contribution in [3.8, 4) is 11.5 Å². The highest BCUT2D eigenvalue weighted by Crippen LogP contribution is 2.42. The fraction of sp³-hybridized carbons (Fsp3) is 0. The number of sulfone groups is 1. The number of hydrogen-bond acceptors (Lipinski definition) is 4. The first-order valence-electron chi connectivity index (χ1n) is 5.25. The molecule has 0 saturated carbocycles. The summed E-state index contributed by atoms with van der Waals surface area (Å²) in [6, 6.07) is 5.17. The van der Waals surface area contributed by atoms with Crippen LogP contribution in [0.1, 0.15) is 0 Å². The molecular weight excluding hydrogens is 560 g/mol. The Bertz CT molecular complexity index is 724. The molecule has 0 saturated heterocycles. The van der Waals surface area contributed by atoms with Crippen molar-refractivity contribution >= 4 is 73.6 Å². The topological polar surface area (TPSA) is 74.6 Å². The molecule has 0 unspecified atom stereocenters. The summed E-state index contributed by atoms with van der Waals surface area (Å²) in [4.78, 5) is -0.0419. The number of halogens is 4. The average Bonchev–Trinajstić information content (AvgIpc) is 2.23. The lowest BCUT2D eigenvalue weighted by atomic mass is 10.3. The van der Waals surface area contributed by atoms with Gasteiger partial charge in [-0.15, -0.1) is 0 Å². The molecule has 112 valence electrons. The van der Waals surface area contributed by atoms with Crippen LogP contribution in [0.15, 0.2) is 51.9 Å². The van der Waals surface area contributed by atoms with Gasteiger partial charge < -0.3 is 10.2 Å². The molecule has 0 fully saturated rings. The first kappa shape index (κ1) is 17.3. The Labute approximate surface area is 154 Å². The van der Waals surface area contributed by atoms with Crippen LogP contribution in [0.25, 0.3) is 0 Å². The lowest BCUT2D eigenvalue weighted by Crippen LogP contribution is -2.06. The van der Waals surface area contributed by atoms with Crippen molar-refractivity contribution in [3.63, 3.8) is 0 Å². The van der Waals surface area contributed by atoms with Gasteiger partial charge in [0.1, 0.15) is 21.3 Å². The third-order valence-corrected chi connectivity index (χ3v) is 8.01. The summed E-state index contributed by atoms with van der Waals surface area (Å²) in [5.41, 5.74) is 0. The van der Waals surface area contributed by atoms with Crippen LogP contribution in [-0.4, -0.2) is 18.6 Å². The van der Waals surface area contributed by atoms with Crippen molar-refractivity contribution in [3.05, 3.63) is 42.2 Å². The molecule has 0 aliphatic carbocycles. The maximum atomic E-state index is 12.9. The fourth-order valence-corrected chi connectivity index (χ4v) is 8.06. The molecule has 0 amide bonds. The second-order valence-electron chi connectivity index (χ2n) is 3.98. The molecule has 0 aliphatic heterocycles. The SMILES string of the molecule is O=S(=O)(c1c(Br)cc(O)cc1Br)c1c(Br)cc(O)cc1Br. The summed E-state index contributed by atoms with van der Waals surface area (Å²) in [6.45, 7) is 0. The molecule has 0 atom stereocenters. The lowest BCUT2D eigenvalue weighted by molar-refractivity contribution is 0.473. The Hall–Kier alpha value is -0.0900. The first-order valence-corrected chi connectivity index (χ1v) is 9.91. The second-order valence-corrected chi connectivity index (χ2v) is 9.22. The van der Waals surface area contributed by atoms with E-state index in [0.717, 1.165) is 0 Å². The van der Waals surface area contributed by atoms with Crippen molar-refractivity contribution in [1.82, 2.24) is 0 Å². The summed E-state index contributed by atoms with van der Waals surface area (Å²) in [7, 11) is -3.90. The van der Waals surface area contributed by atoms with E-state index in [2.05, 4.69) is 63.7 Å². The van der Waals surface area contributed by atoms with Gasteiger partial charge >= 0.3 is 0 Å². The summed E-state index contributed by atoms with van der Waals surface area (Å²) in [5, 5.41) is 19.0. The van der Waals surface area contributed by atoms with Crippen LogP contribution in [0, 0.1) is 0 Å². The molecule has 0 spiro atoms. The van der Waals surface area contributed by atoms with Crippen LogP contribution < -0.4 is 0 Å². The minimum absolute atomic E-state index is 0.0209. The largest absolute Gasteiger partial charge is 0.508 e. The van der Waals surface area contributed by atoms with Crippen LogP contribution in [0.3, 0.4) is 0 Å². The van der Waals surface area contributed by atoms with E-state index in [1.165, 1.54) is 24.3 Å². The highest BCUT2D eigenvalue weighted by molar-refractivity contribution is 9.11.